The lowest BCUT2D eigenvalue weighted by Gasteiger charge is -2.27. The molecule has 1 fully saturated rings. The van der Waals surface area contributed by atoms with Crippen molar-refractivity contribution in [2.75, 3.05) is 6.54 Å². The summed E-state index contributed by atoms with van der Waals surface area (Å²) in [6.07, 6.45) is 3.49. The molecule has 2 nitrogen and oxygen atoms in total. The molecule has 2 N–H and O–H groups in total. The Labute approximate surface area is 94.3 Å². The number of benzene rings is 1. The molecule has 0 amide bonds. The van der Waals surface area contributed by atoms with Crippen molar-refractivity contribution in [2.24, 2.45) is 5.92 Å². The zero-order valence-corrected chi connectivity index (χ0v) is 9.22. The van der Waals surface area contributed by atoms with Crippen molar-refractivity contribution in [2.45, 2.75) is 25.3 Å². The number of hydrogen-bond donors (Lipinski definition) is 2. The molecule has 1 heterocycles. The smallest absolute Gasteiger partial charge is 0.137 e. The van der Waals surface area contributed by atoms with Gasteiger partial charge in [-0.1, -0.05) is 17.7 Å². The van der Waals surface area contributed by atoms with Crippen molar-refractivity contribution >= 4 is 11.6 Å². The van der Waals surface area contributed by atoms with Crippen molar-refractivity contribution in [1.82, 2.24) is 5.32 Å². The van der Waals surface area contributed by atoms with Gasteiger partial charge in [0.15, 0.2) is 0 Å². The first-order chi connectivity index (χ1) is 7.27. The highest BCUT2D eigenvalue weighted by Gasteiger charge is 2.35. The monoisotopic (exact) mass is 223 g/mol. The number of phenolic OH excluding ortho intramolecular Hbond substituents is 1. The van der Waals surface area contributed by atoms with Crippen LogP contribution in [0.2, 0.25) is 5.02 Å². The molecule has 0 bridgehead atoms. The number of phenols is 1. The standard InChI is InChI=1S/C12H14ClNO/c13-10-4-3-8-9(12(10)15)5-6-14-11(8)7-1-2-7/h3-4,7,11,14-15H,1-2,5-6H2. The Bertz CT molecular complexity index is 401. The third-order valence-electron chi connectivity index (χ3n) is 3.44. The van der Waals surface area contributed by atoms with Crippen LogP contribution >= 0.6 is 11.6 Å². The zero-order chi connectivity index (χ0) is 10.4. The first kappa shape index (κ1) is 9.49. The van der Waals surface area contributed by atoms with E-state index in [0.717, 1.165) is 24.4 Å². The molecule has 2 aliphatic rings. The van der Waals surface area contributed by atoms with Gasteiger partial charge in [0.1, 0.15) is 5.75 Å². The van der Waals surface area contributed by atoms with E-state index in [0.29, 0.717) is 16.8 Å². The summed E-state index contributed by atoms with van der Waals surface area (Å²) in [6, 6.07) is 4.31. The van der Waals surface area contributed by atoms with Gasteiger partial charge < -0.3 is 10.4 Å². The second-order valence-corrected chi connectivity index (χ2v) is 4.89. The molecule has 1 aromatic rings. The minimum atomic E-state index is 0.293. The van der Waals surface area contributed by atoms with Gasteiger partial charge in [0.2, 0.25) is 0 Å². The third kappa shape index (κ3) is 1.52. The van der Waals surface area contributed by atoms with Gasteiger partial charge in [-0.15, -0.1) is 0 Å². The van der Waals surface area contributed by atoms with E-state index in [1.54, 1.807) is 6.07 Å². The summed E-state index contributed by atoms with van der Waals surface area (Å²) in [5.41, 5.74) is 2.31. The predicted octanol–water partition coefficient (Wildman–Crippen LogP) is 2.64. The molecule has 0 aromatic heterocycles. The Balaban J connectivity index is 2.07. The van der Waals surface area contributed by atoms with E-state index in [-0.39, 0.29) is 0 Å². The van der Waals surface area contributed by atoms with E-state index >= 15 is 0 Å². The highest BCUT2D eigenvalue weighted by atomic mass is 35.5. The van der Waals surface area contributed by atoms with Gasteiger partial charge in [0.05, 0.1) is 5.02 Å². The maximum Gasteiger partial charge on any atom is 0.137 e. The first-order valence-electron chi connectivity index (χ1n) is 5.51. The number of halogens is 1. The van der Waals surface area contributed by atoms with E-state index < -0.39 is 0 Å². The maximum atomic E-state index is 9.90. The Morgan fingerprint density at radius 3 is 2.87 bits per heavy atom. The molecule has 1 aromatic carbocycles. The molecule has 3 rings (SSSR count). The normalized spacial score (nSPS) is 25.0. The highest BCUT2D eigenvalue weighted by molar-refractivity contribution is 6.32. The molecule has 1 aliphatic heterocycles. The summed E-state index contributed by atoms with van der Waals surface area (Å²) < 4.78 is 0. The lowest BCUT2D eigenvalue weighted by atomic mass is 9.91. The molecule has 1 unspecified atom stereocenters. The quantitative estimate of drug-likeness (QED) is 0.767. The largest absolute Gasteiger partial charge is 0.506 e. The van der Waals surface area contributed by atoms with Gasteiger partial charge in [0, 0.05) is 11.6 Å². The SMILES string of the molecule is Oc1c(Cl)ccc2c1CCNC2C1CC1. The van der Waals surface area contributed by atoms with Gasteiger partial charge in [-0.3, -0.25) is 0 Å². The predicted molar refractivity (Wildman–Crippen MR) is 60.3 cm³/mol. The lowest BCUT2D eigenvalue weighted by Crippen LogP contribution is -2.31. The molecule has 1 aliphatic carbocycles. The van der Waals surface area contributed by atoms with Crippen molar-refractivity contribution in [3.63, 3.8) is 0 Å². The molecular formula is C12H14ClNO. The van der Waals surface area contributed by atoms with Crippen LogP contribution in [0.15, 0.2) is 12.1 Å². The van der Waals surface area contributed by atoms with Crippen LogP contribution in [-0.4, -0.2) is 11.7 Å². The molecule has 1 atom stereocenters. The first-order valence-corrected chi connectivity index (χ1v) is 5.89. The highest BCUT2D eigenvalue weighted by Crippen LogP contribution is 2.45. The van der Waals surface area contributed by atoms with Gasteiger partial charge in [-0.25, -0.2) is 0 Å². The van der Waals surface area contributed by atoms with Gasteiger partial charge in [-0.05, 0) is 43.4 Å². The minimum absolute atomic E-state index is 0.293. The molecule has 15 heavy (non-hydrogen) atoms. The molecule has 1 saturated carbocycles. The Hall–Kier alpha value is -0.730. The fourth-order valence-corrected chi connectivity index (χ4v) is 2.67. The molecule has 0 saturated heterocycles. The number of rotatable bonds is 1. The zero-order valence-electron chi connectivity index (χ0n) is 8.46. The number of hydrogen-bond acceptors (Lipinski definition) is 2. The molecule has 3 heteroatoms. The average Bonchev–Trinajstić information content (AvgIpc) is 3.07. The van der Waals surface area contributed by atoms with Gasteiger partial charge >= 0.3 is 0 Å². The van der Waals surface area contributed by atoms with Crippen LogP contribution in [0.5, 0.6) is 5.75 Å². The summed E-state index contributed by atoms with van der Waals surface area (Å²) in [7, 11) is 0. The van der Waals surface area contributed by atoms with Crippen LogP contribution in [0, 0.1) is 5.92 Å². The Morgan fingerprint density at radius 2 is 2.13 bits per heavy atom. The number of fused-ring (bicyclic) bond motifs is 1. The fraction of sp³-hybridized carbons (Fsp3) is 0.500. The van der Waals surface area contributed by atoms with E-state index in [1.165, 1.54) is 18.4 Å². The van der Waals surface area contributed by atoms with Crippen molar-refractivity contribution in [1.29, 1.82) is 0 Å². The Morgan fingerprint density at radius 1 is 1.33 bits per heavy atom. The van der Waals surface area contributed by atoms with Crippen LogP contribution in [0.4, 0.5) is 0 Å². The number of nitrogens with one attached hydrogen (secondary N) is 1. The van der Waals surface area contributed by atoms with Crippen LogP contribution in [-0.2, 0) is 6.42 Å². The number of aromatic hydroxyl groups is 1. The topological polar surface area (TPSA) is 32.3 Å². The van der Waals surface area contributed by atoms with Gasteiger partial charge in [-0.2, -0.15) is 0 Å². The second kappa shape index (κ2) is 3.39. The van der Waals surface area contributed by atoms with E-state index in [4.69, 9.17) is 11.6 Å². The van der Waals surface area contributed by atoms with Crippen LogP contribution in [0.25, 0.3) is 0 Å². The maximum absolute atomic E-state index is 9.90. The van der Waals surface area contributed by atoms with Crippen molar-refractivity contribution < 1.29 is 5.11 Å². The van der Waals surface area contributed by atoms with Crippen molar-refractivity contribution in [3.05, 3.63) is 28.3 Å². The molecule has 0 radical (unpaired) electrons. The molecular weight excluding hydrogens is 210 g/mol. The van der Waals surface area contributed by atoms with Crippen LogP contribution in [0.1, 0.15) is 30.0 Å². The summed E-state index contributed by atoms with van der Waals surface area (Å²) in [6.45, 7) is 0.946. The minimum Gasteiger partial charge on any atom is -0.506 e. The molecule has 80 valence electrons. The van der Waals surface area contributed by atoms with E-state index in [9.17, 15) is 5.11 Å². The summed E-state index contributed by atoms with van der Waals surface area (Å²) in [4.78, 5) is 0. The lowest BCUT2D eigenvalue weighted by molar-refractivity contribution is 0.428. The second-order valence-electron chi connectivity index (χ2n) is 4.48. The fourth-order valence-electron chi connectivity index (χ4n) is 2.49. The van der Waals surface area contributed by atoms with E-state index in [2.05, 4.69) is 11.4 Å². The van der Waals surface area contributed by atoms with Crippen LogP contribution in [0.3, 0.4) is 0 Å². The average molecular weight is 224 g/mol. The van der Waals surface area contributed by atoms with Gasteiger partial charge in [0.25, 0.3) is 0 Å². The third-order valence-corrected chi connectivity index (χ3v) is 3.74. The summed E-state index contributed by atoms with van der Waals surface area (Å²) in [5, 5.41) is 13.9. The summed E-state index contributed by atoms with van der Waals surface area (Å²) >= 11 is 5.92. The van der Waals surface area contributed by atoms with Crippen LogP contribution < -0.4 is 5.32 Å². The Kier molecular flexibility index (Phi) is 2.15. The van der Waals surface area contributed by atoms with E-state index in [1.807, 2.05) is 0 Å². The van der Waals surface area contributed by atoms with Crippen molar-refractivity contribution in [3.8, 4) is 5.75 Å². The summed E-state index contributed by atoms with van der Waals surface area (Å²) in [5.74, 6) is 1.06. The molecule has 0 spiro atoms.